The molecule has 3 nitrogen and oxygen atoms in total. The maximum atomic E-state index is 4.71. The average Bonchev–Trinajstić information content (AvgIpc) is 2.86. The molecule has 0 atom stereocenters. The van der Waals surface area contributed by atoms with Crippen molar-refractivity contribution in [3.63, 3.8) is 0 Å². The van der Waals surface area contributed by atoms with Gasteiger partial charge in [-0.05, 0) is 50.8 Å². The SMILES string of the molecule is CCCNc1nc(-c2cc(Br)cs2)nc(CCC)c1Br. The quantitative estimate of drug-likeness (QED) is 0.672. The Kier molecular flexibility index (Phi) is 5.99. The van der Waals surface area contributed by atoms with Crippen LogP contribution in [0.25, 0.3) is 10.7 Å². The van der Waals surface area contributed by atoms with E-state index in [0.29, 0.717) is 0 Å². The minimum Gasteiger partial charge on any atom is -0.369 e. The van der Waals surface area contributed by atoms with Crippen LogP contribution < -0.4 is 5.32 Å². The highest BCUT2D eigenvalue weighted by Gasteiger charge is 2.14. The van der Waals surface area contributed by atoms with Gasteiger partial charge in [0.25, 0.3) is 0 Å². The van der Waals surface area contributed by atoms with E-state index in [9.17, 15) is 0 Å². The first-order chi connectivity index (χ1) is 9.65. The number of halogens is 2. The van der Waals surface area contributed by atoms with Gasteiger partial charge in [0.2, 0.25) is 0 Å². The Morgan fingerprint density at radius 1 is 1.20 bits per heavy atom. The predicted octanol–water partition coefficient (Wildman–Crippen LogP) is 5.50. The summed E-state index contributed by atoms with van der Waals surface area (Å²) in [5.74, 6) is 1.69. The highest BCUT2D eigenvalue weighted by molar-refractivity contribution is 9.11. The van der Waals surface area contributed by atoms with Gasteiger partial charge < -0.3 is 5.32 Å². The number of thiophene rings is 1. The molecule has 2 rings (SSSR count). The number of hydrogen-bond donors (Lipinski definition) is 1. The molecule has 0 spiro atoms. The minimum atomic E-state index is 0.797. The zero-order chi connectivity index (χ0) is 14.5. The summed E-state index contributed by atoms with van der Waals surface area (Å²) in [4.78, 5) is 10.4. The first-order valence-electron chi connectivity index (χ1n) is 6.70. The second kappa shape index (κ2) is 7.52. The van der Waals surface area contributed by atoms with Gasteiger partial charge in [-0.15, -0.1) is 11.3 Å². The molecular formula is C14H17Br2N3S. The van der Waals surface area contributed by atoms with E-state index >= 15 is 0 Å². The Labute approximate surface area is 140 Å². The van der Waals surface area contributed by atoms with Crippen molar-refractivity contribution in [2.75, 3.05) is 11.9 Å². The van der Waals surface area contributed by atoms with Gasteiger partial charge in [0.05, 0.1) is 15.0 Å². The first-order valence-corrected chi connectivity index (χ1v) is 9.17. The molecule has 2 heterocycles. The highest BCUT2D eigenvalue weighted by Crippen LogP contribution is 2.32. The number of rotatable bonds is 6. The minimum absolute atomic E-state index is 0.797. The summed E-state index contributed by atoms with van der Waals surface area (Å²) in [6.45, 7) is 5.22. The lowest BCUT2D eigenvalue weighted by Crippen LogP contribution is -2.07. The van der Waals surface area contributed by atoms with E-state index < -0.39 is 0 Å². The van der Waals surface area contributed by atoms with Crippen LogP contribution in [0.5, 0.6) is 0 Å². The number of aromatic nitrogens is 2. The van der Waals surface area contributed by atoms with Crippen LogP contribution in [-0.2, 0) is 6.42 Å². The second-order valence-corrected chi connectivity index (χ2v) is 7.08. The molecule has 0 aliphatic heterocycles. The van der Waals surface area contributed by atoms with Gasteiger partial charge in [0.1, 0.15) is 5.82 Å². The van der Waals surface area contributed by atoms with Crippen molar-refractivity contribution < 1.29 is 0 Å². The monoisotopic (exact) mass is 417 g/mol. The lowest BCUT2D eigenvalue weighted by atomic mass is 10.2. The van der Waals surface area contributed by atoms with Crippen molar-refractivity contribution in [3.05, 3.63) is 26.1 Å². The van der Waals surface area contributed by atoms with E-state index in [1.165, 1.54) is 0 Å². The van der Waals surface area contributed by atoms with Crippen LogP contribution in [0.2, 0.25) is 0 Å². The average molecular weight is 419 g/mol. The lowest BCUT2D eigenvalue weighted by Gasteiger charge is -2.11. The van der Waals surface area contributed by atoms with Crippen LogP contribution >= 0.6 is 43.2 Å². The standard InChI is InChI=1S/C14H17Br2N3S/c1-3-5-10-12(16)14(17-6-4-2)19-13(18-10)11-7-9(15)8-20-11/h7-8H,3-6H2,1-2H3,(H,17,18,19). The Balaban J connectivity index is 2.43. The molecule has 6 heteroatoms. The van der Waals surface area contributed by atoms with Gasteiger partial charge in [-0.25, -0.2) is 9.97 Å². The number of anilines is 1. The van der Waals surface area contributed by atoms with Gasteiger partial charge in [-0.2, -0.15) is 0 Å². The molecule has 0 aliphatic rings. The number of nitrogens with one attached hydrogen (secondary N) is 1. The molecule has 20 heavy (non-hydrogen) atoms. The number of hydrogen-bond acceptors (Lipinski definition) is 4. The summed E-state index contributed by atoms with van der Waals surface area (Å²) in [5.41, 5.74) is 1.07. The van der Waals surface area contributed by atoms with Gasteiger partial charge >= 0.3 is 0 Å². The van der Waals surface area contributed by atoms with E-state index in [1.54, 1.807) is 11.3 Å². The molecule has 2 aromatic rings. The Bertz CT molecular complexity index is 584. The zero-order valence-corrected chi connectivity index (χ0v) is 15.5. The van der Waals surface area contributed by atoms with Crippen LogP contribution in [0.4, 0.5) is 5.82 Å². The summed E-state index contributed by atoms with van der Waals surface area (Å²) in [6.07, 6.45) is 3.08. The topological polar surface area (TPSA) is 37.8 Å². The molecule has 0 radical (unpaired) electrons. The fraction of sp³-hybridized carbons (Fsp3) is 0.429. The molecule has 0 saturated carbocycles. The van der Waals surface area contributed by atoms with Crippen LogP contribution in [0, 0.1) is 0 Å². The van der Waals surface area contributed by atoms with E-state index in [-0.39, 0.29) is 0 Å². The molecule has 0 bridgehead atoms. The molecule has 0 unspecified atom stereocenters. The largest absolute Gasteiger partial charge is 0.369 e. The van der Waals surface area contributed by atoms with Crippen molar-refractivity contribution >= 4 is 49.0 Å². The fourth-order valence-corrected chi connectivity index (χ4v) is 3.67. The van der Waals surface area contributed by atoms with E-state index in [0.717, 1.165) is 57.0 Å². The van der Waals surface area contributed by atoms with Gasteiger partial charge in [0, 0.05) is 16.4 Å². The second-order valence-electron chi connectivity index (χ2n) is 4.46. The molecule has 0 saturated heterocycles. The van der Waals surface area contributed by atoms with Crippen LogP contribution in [0.15, 0.2) is 20.4 Å². The molecule has 0 fully saturated rings. The Hall–Kier alpha value is -0.460. The van der Waals surface area contributed by atoms with Gasteiger partial charge in [-0.3, -0.25) is 0 Å². The van der Waals surface area contributed by atoms with Crippen LogP contribution in [-0.4, -0.2) is 16.5 Å². The van der Waals surface area contributed by atoms with E-state index in [2.05, 4.69) is 67.5 Å². The normalized spacial score (nSPS) is 10.8. The first kappa shape index (κ1) is 15.9. The van der Waals surface area contributed by atoms with E-state index in [1.807, 2.05) is 0 Å². The third-order valence-corrected chi connectivity index (χ3v) is 5.26. The highest BCUT2D eigenvalue weighted by atomic mass is 79.9. The molecule has 0 amide bonds. The van der Waals surface area contributed by atoms with Crippen molar-refractivity contribution in [2.45, 2.75) is 33.1 Å². The van der Waals surface area contributed by atoms with Gasteiger partial charge in [0.15, 0.2) is 5.82 Å². The lowest BCUT2D eigenvalue weighted by molar-refractivity contribution is 0.865. The molecule has 0 aliphatic carbocycles. The fourth-order valence-electron chi connectivity index (χ4n) is 1.80. The third kappa shape index (κ3) is 3.80. The van der Waals surface area contributed by atoms with Gasteiger partial charge in [-0.1, -0.05) is 20.3 Å². The molecule has 0 aromatic carbocycles. The van der Waals surface area contributed by atoms with Crippen LogP contribution in [0.3, 0.4) is 0 Å². The molecule has 2 aromatic heterocycles. The molecular weight excluding hydrogens is 402 g/mol. The molecule has 1 N–H and O–H groups in total. The maximum absolute atomic E-state index is 4.71. The number of aryl methyl sites for hydroxylation is 1. The molecule has 108 valence electrons. The van der Waals surface area contributed by atoms with Crippen molar-refractivity contribution in [1.82, 2.24) is 9.97 Å². The third-order valence-electron chi connectivity index (χ3n) is 2.74. The summed E-state index contributed by atoms with van der Waals surface area (Å²) < 4.78 is 2.07. The predicted molar refractivity (Wildman–Crippen MR) is 93.5 cm³/mol. The number of nitrogens with zero attached hydrogens (tertiary/aromatic N) is 2. The smallest absolute Gasteiger partial charge is 0.171 e. The maximum Gasteiger partial charge on any atom is 0.171 e. The summed E-state index contributed by atoms with van der Waals surface area (Å²) in [5, 5.41) is 5.43. The summed E-state index contributed by atoms with van der Waals surface area (Å²) >= 11 is 8.77. The summed E-state index contributed by atoms with van der Waals surface area (Å²) in [6, 6.07) is 2.06. The van der Waals surface area contributed by atoms with E-state index in [4.69, 9.17) is 4.98 Å². The van der Waals surface area contributed by atoms with Crippen LogP contribution in [0.1, 0.15) is 32.4 Å². The van der Waals surface area contributed by atoms with Crippen molar-refractivity contribution in [3.8, 4) is 10.7 Å². The Morgan fingerprint density at radius 2 is 2.00 bits per heavy atom. The summed E-state index contributed by atoms with van der Waals surface area (Å²) in [7, 11) is 0. The zero-order valence-electron chi connectivity index (χ0n) is 11.5. The Morgan fingerprint density at radius 3 is 2.60 bits per heavy atom. The van der Waals surface area contributed by atoms with Crippen molar-refractivity contribution in [1.29, 1.82) is 0 Å². The van der Waals surface area contributed by atoms with Crippen molar-refractivity contribution in [2.24, 2.45) is 0 Å².